The van der Waals surface area contributed by atoms with Crippen molar-refractivity contribution < 1.29 is 18.7 Å². The first-order valence-corrected chi connectivity index (χ1v) is 9.34. The van der Waals surface area contributed by atoms with Crippen LogP contribution in [0.2, 0.25) is 0 Å². The van der Waals surface area contributed by atoms with E-state index in [1.54, 1.807) is 19.1 Å². The van der Waals surface area contributed by atoms with Crippen LogP contribution in [0.3, 0.4) is 0 Å². The quantitative estimate of drug-likeness (QED) is 0.584. The highest BCUT2D eigenvalue weighted by molar-refractivity contribution is 9.10. The Morgan fingerprint density at radius 1 is 1.31 bits per heavy atom. The molecule has 1 amide bonds. The van der Waals surface area contributed by atoms with Crippen LogP contribution in [0.4, 0.5) is 0 Å². The molecule has 0 spiro atoms. The molecule has 0 bridgehead atoms. The molecule has 0 fully saturated rings. The molecule has 0 unspecified atom stereocenters. The molecule has 2 atom stereocenters. The van der Waals surface area contributed by atoms with Crippen LogP contribution < -0.4 is 5.32 Å². The van der Waals surface area contributed by atoms with Gasteiger partial charge in [0, 0.05) is 6.08 Å². The first-order chi connectivity index (χ1) is 12.5. The van der Waals surface area contributed by atoms with Crippen LogP contribution >= 0.6 is 15.9 Å². The molecule has 2 aromatic rings. The molecule has 1 aromatic heterocycles. The van der Waals surface area contributed by atoms with E-state index in [9.17, 15) is 9.59 Å². The van der Waals surface area contributed by atoms with Crippen LogP contribution in [0, 0.1) is 0 Å². The number of ether oxygens (including phenoxy) is 1. The Morgan fingerprint density at radius 2 is 2.12 bits per heavy atom. The van der Waals surface area contributed by atoms with E-state index in [2.05, 4.69) is 27.3 Å². The van der Waals surface area contributed by atoms with E-state index in [4.69, 9.17) is 9.15 Å². The summed E-state index contributed by atoms with van der Waals surface area (Å²) in [5.41, 5.74) is 2.41. The van der Waals surface area contributed by atoms with Gasteiger partial charge in [0.05, 0.1) is 6.04 Å². The maximum absolute atomic E-state index is 12.4. The fraction of sp³-hybridized carbons (Fsp3) is 0.300. The predicted molar refractivity (Wildman–Crippen MR) is 101 cm³/mol. The third-order valence-electron chi connectivity index (χ3n) is 4.33. The topological polar surface area (TPSA) is 68.5 Å². The van der Waals surface area contributed by atoms with Crippen LogP contribution in [0.15, 0.2) is 51.6 Å². The summed E-state index contributed by atoms with van der Waals surface area (Å²) < 4.78 is 11.0. The number of carbonyl (C=O) groups is 2. The average molecular weight is 418 g/mol. The second-order valence-electron chi connectivity index (χ2n) is 6.21. The molecule has 1 aromatic carbocycles. The largest absolute Gasteiger partial charge is 0.450 e. The van der Waals surface area contributed by atoms with Gasteiger partial charge in [0.1, 0.15) is 5.76 Å². The summed E-state index contributed by atoms with van der Waals surface area (Å²) in [5, 5.41) is 2.99. The lowest BCUT2D eigenvalue weighted by Gasteiger charge is -2.27. The van der Waals surface area contributed by atoms with Gasteiger partial charge in [0.2, 0.25) is 0 Å². The van der Waals surface area contributed by atoms with E-state index in [0.29, 0.717) is 10.4 Å². The summed E-state index contributed by atoms with van der Waals surface area (Å²) in [6.07, 6.45) is 4.80. The Hall–Kier alpha value is -2.34. The van der Waals surface area contributed by atoms with Crippen molar-refractivity contribution in [2.24, 2.45) is 0 Å². The lowest BCUT2D eigenvalue weighted by Crippen LogP contribution is -2.39. The van der Waals surface area contributed by atoms with Gasteiger partial charge in [0.25, 0.3) is 5.91 Å². The highest BCUT2D eigenvalue weighted by Gasteiger charge is 2.24. The van der Waals surface area contributed by atoms with E-state index in [-0.39, 0.29) is 11.9 Å². The normalized spacial score (nSPS) is 17.5. The van der Waals surface area contributed by atoms with Crippen molar-refractivity contribution in [2.75, 3.05) is 0 Å². The molecular formula is C20H20BrNO4. The van der Waals surface area contributed by atoms with Gasteiger partial charge < -0.3 is 14.5 Å². The van der Waals surface area contributed by atoms with E-state index < -0.39 is 12.1 Å². The number of amides is 1. The minimum atomic E-state index is -0.871. The monoisotopic (exact) mass is 417 g/mol. The van der Waals surface area contributed by atoms with Crippen molar-refractivity contribution in [3.05, 3.63) is 64.0 Å². The lowest BCUT2D eigenvalue weighted by atomic mass is 9.87. The number of furan rings is 1. The van der Waals surface area contributed by atoms with Crippen molar-refractivity contribution in [3.8, 4) is 0 Å². The molecule has 1 aliphatic carbocycles. The van der Waals surface area contributed by atoms with Gasteiger partial charge in [-0.05, 0) is 71.5 Å². The summed E-state index contributed by atoms with van der Waals surface area (Å²) in [4.78, 5) is 24.3. The molecule has 0 aliphatic heterocycles. The van der Waals surface area contributed by atoms with Crippen molar-refractivity contribution in [2.45, 2.75) is 38.3 Å². The number of benzene rings is 1. The zero-order valence-electron chi connectivity index (χ0n) is 14.4. The van der Waals surface area contributed by atoms with E-state index in [0.717, 1.165) is 24.8 Å². The second kappa shape index (κ2) is 8.36. The summed E-state index contributed by atoms with van der Waals surface area (Å²) in [6, 6.07) is 11.5. The fourth-order valence-corrected chi connectivity index (χ4v) is 3.35. The Bertz CT molecular complexity index is 827. The second-order valence-corrected chi connectivity index (χ2v) is 6.99. The van der Waals surface area contributed by atoms with E-state index in [1.165, 1.54) is 17.7 Å². The maximum Gasteiger partial charge on any atom is 0.331 e. The van der Waals surface area contributed by atoms with Gasteiger partial charge in [-0.1, -0.05) is 24.3 Å². The zero-order valence-corrected chi connectivity index (χ0v) is 16.0. The first-order valence-electron chi connectivity index (χ1n) is 8.55. The highest BCUT2D eigenvalue weighted by atomic mass is 79.9. The summed E-state index contributed by atoms with van der Waals surface area (Å²) >= 11 is 3.19. The van der Waals surface area contributed by atoms with Crippen LogP contribution in [0.5, 0.6) is 0 Å². The molecule has 6 heteroatoms. The maximum atomic E-state index is 12.4. The van der Waals surface area contributed by atoms with Gasteiger partial charge in [-0.25, -0.2) is 4.79 Å². The zero-order chi connectivity index (χ0) is 18.5. The van der Waals surface area contributed by atoms with E-state index >= 15 is 0 Å². The molecule has 0 radical (unpaired) electrons. The molecule has 136 valence electrons. The molecule has 1 N–H and O–H groups in total. The van der Waals surface area contributed by atoms with Crippen molar-refractivity contribution in [1.82, 2.24) is 5.32 Å². The van der Waals surface area contributed by atoms with Crippen LogP contribution in [-0.2, 0) is 20.7 Å². The number of fused-ring (bicyclic) bond motifs is 1. The number of rotatable bonds is 5. The summed E-state index contributed by atoms with van der Waals surface area (Å²) in [7, 11) is 0. The number of carbonyl (C=O) groups excluding carboxylic acids is 2. The van der Waals surface area contributed by atoms with Gasteiger partial charge in [-0.15, -0.1) is 0 Å². The molecule has 3 rings (SSSR count). The third kappa shape index (κ3) is 4.64. The smallest absolute Gasteiger partial charge is 0.331 e. The van der Waals surface area contributed by atoms with Crippen LogP contribution in [-0.4, -0.2) is 18.0 Å². The molecule has 0 saturated carbocycles. The first kappa shape index (κ1) is 18.5. The standard InChI is InChI=1S/C20H20BrNO4/c1-13(25-19(23)12-10-15-9-11-18(21)26-15)20(24)22-17-8-4-6-14-5-2-3-7-16(14)17/h2-3,5,7,9-13,17H,4,6,8H2,1H3,(H,22,24)/b12-10+/t13-,17+/m1/s1. The van der Waals surface area contributed by atoms with Crippen LogP contribution in [0.25, 0.3) is 6.08 Å². The van der Waals surface area contributed by atoms with Gasteiger partial charge in [-0.2, -0.15) is 0 Å². The molecule has 1 heterocycles. The Labute approximate surface area is 160 Å². The van der Waals surface area contributed by atoms with Crippen molar-refractivity contribution in [3.63, 3.8) is 0 Å². The Kier molecular flexibility index (Phi) is 5.93. The van der Waals surface area contributed by atoms with Gasteiger partial charge in [0.15, 0.2) is 10.8 Å². The number of aryl methyl sites for hydroxylation is 1. The Balaban J connectivity index is 1.55. The predicted octanol–water partition coefficient (Wildman–Crippen LogP) is 4.18. The van der Waals surface area contributed by atoms with Crippen LogP contribution in [0.1, 0.15) is 42.7 Å². The third-order valence-corrected chi connectivity index (χ3v) is 4.75. The minimum Gasteiger partial charge on any atom is -0.450 e. The highest BCUT2D eigenvalue weighted by Crippen LogP contribution is 2.29. The average Bonchev–Trinajstić information content (AvgIpc) is 3.05. The Morgan fingerprint density at radius 3 is 2.88 bits per heavy atom. The van der Waals surface area contributed by atoms with E-state index in [1.807, 2.05) is 18.2 Å². The minimum absolute atomic E-state index is 0.0374. The number of nitrogens with one attached hydrogen (secondary N) is 1. The molecule has 1 aliphatic rings. The molecular weight excluding hydrogens is 398 g/mol. The fourth-order valence-electron chi connectivity index (χ4n) is 3.03. The SMILES string of the molecule is C[C@@H](OC(=O)/C=C/c1ccc(Br)o1)C(=O)N[C@H]1CCCc2ccccc21. The number of hydrogen-bond acceptors (Lipinski definition) is 4. The van der Waals surface area contributed by atoms with Gasteiger partial charge in [-0.3, -0.25) is 4.79 Å². The summed E-state index contributed by atoms with van der Waals surface area (Å²) in [6.45, 7) is 1.57. The van der Waals surface area contributed by atoms with Crippen molar-refractivity contribution in [1.29, 1.82) is 0 Å². The number of halogens is 1. The molecule has 5 nitrogen and oxygen atoms in total. The molecule has 0 saturated heterocycles. The lowest BCUT2D eigenvalue weighted by molar-refractivity contribution is -0.150. The number of hydrogen-bond donors (Lipinski definition) is 1. The summed E-state index contributed by atoms with van der Waals surface area (Å²) in [5.74, 6) is -0.372. The molecule has 26 heavy (non-hydrogen) atoms. The van der Waals surface area contributed by atoms with Gasteiger partial charge >= 0.3 is 5.97 Å². The van der Waals surface area contributed by atoms with Crippen molar-refractivity contribution >= 4 is 33.9 Å². The number of esters is 1.